The first kappa shape index (κ1) is 18.4. The summed E-state index contributed by atoms with van der Waals surface area (Å²) in [5, 5.41) is 2.80. The predicted octanol–water partition coefficient (Wildman–Crippen LogP) is 4.07. The summed E-state index contributed by atoms with van der Waals surface area (Å²) in [6.45, 7) is 0. The standard InChI is InChI=1S/C20H19FN2O4/c1-25-15-7-8-16(17(11-15)26-2)23-19(24)9-10-20-22-12-18(27-20)13-3-5-14(21)6-4-13/h3-8,11-12H,9-10H2,1-2H3,(H,23,24). The number of carbonyl (C=O) groups is 1. The molecule has 1 N–H and O–H groups in total. The third kappa shape index (κ3) is 4.63. The van der Waals surface area contributed by atoms with Crippen molar-refractivity contribution in [1.29, 1.82) is 0 Å². The number of aromatic nitrogens is 1. The lowest BCUT2D eigenvalue weighted by atomic mass is 10.2. The van der Waals surface area contributed by atoms with Gasteiger partial charge in [-0.3, -0.25) is 4.79 Å². The van der Waals surface area contributed by atoms with Gasteiger partial charge < -0.3 is 19.2 Å². The van der Waals surface area contributed by atoms with Crippen molar-refractivity contribution in [3.05, 3.63) is 60.4 Å². The van der Waals surface area contributed by atoms with Crippen LogP contribution in [0.25, 0.3) is 11.3 Å². The molecule has 1 aromatic heterocycles. The van der Waals surface area contributed by atoms with Crippen LogP contribution < -0.4 is 14.8 Å². The molecule has 0 bridgehead atoms. The zero-order valence-corrected chi connectivity index (χ0v) is 15.0. The van der Waals surface area contributed by atoms with Gasteiger partial charge in [-0.25, -0.2) is 9.37 Å². The third-order valence-corrected chi connectivity index (χ3v) is 3.93. The smallest absolute Gasteiger partial charge is 0.224 e. The van der Waals surface area contributed by atoms with Crippen LogP contribution in [0.1, 0.15) is 12.3 Å². The Morgan fingerprint density at radius 3 is 2.63 bits per heavy atom. The van der Waals surface area contributed by atoms with Gasteiger partial charge in [0.1, 0.15) is 17.3 Å². The Morgan fingerprint density at radius 1 is 1.15 bits per heavy atom. The molecule has 7 heteroatoms. The van der Waals surface area contributed by atoms with Gasteiger partial charge in [0.2, 0.25) is 5.91 Å². The Kier molecular flexibility index (Phi) is 5.71. The molecule has 0 saturated carbocycles. The number of anilines is 1. The average Bonchev–Trinajstić information content (AvgIpc) is 3.16. The van der Waals surface area contributed by atoms with Crippen LogP contribution in [0.5, 0.6) is 11.5 Å². The Bertz CT molecular complexity index is 922. The van der Waals surface area contributed by atoms with E-state index >= 15 is 0 Å². The number of amides is 1. The molecule has 6 nitrogen and oxygen atoms in total. The predicted molar refractivity (Wildman–Crippen MR) is 98.4 cm³/mol. The molecule has 0 fully saturated rings. The highest BCUT2D eigenvalue weighted by Gasteiger charge is 2.12. The maximum Gasteiger partial charge on any atom is 0.224 e. The number of ether oxygens (including phenoxy) is 2. The first-order valence-corrected chi connectivity index (χ1v) is 8.31. The summed E-state index contributed by atoms with van der Waals surface area (Å²) in [5.74, 6) is 1.60. The summed E-state index contributed by atoms with van der Waals surface area (Å²) >= 11 is 0. The van der Waals surface area contributed by atoms with Crippen LogP contribution in [0.15, 0.2) is 53.1 Å². The quantitative estimate of drug-likeness (QED) is 0.679. The van der Waals surface area contributed by atoms with Gasteiger partial charge in [0.05, 0.1) is 26.1 Å². The fourth-order valence-corrected chi connectivity index (χ4v) is 2.51. The van der Waals surface area contributed by atoms with Crippen LogP contribution in [0.4, 0.5) is 10.1 Å². The van der Waals surface area contributed by atoms with Crippen LogP contribution in [0.3, 0.4) is 0 Å². The molecular weight excluding hydrogens is 351 g/mol. The van der Waals surface area contributed by atoms with Gasteiger partial charge in [0.25, 0.3) is 0 Å². The number of benzene rings is 2. The van der Waals surface area contributed by atoms with Crippen molar-refractivity contribution in [2.75, 3.05) is 19.5 Å². The van der Waals surface area contributed by atoms with E-state index in [-0.39, 0.29) is 18.1 Å². The lowest BCUT2D eigenvalue weighted by Gasteiger charge is -2.11. The molecule has 1 amide bonds. The van der Waals surface area contributed by atoms with Crippen LogP contribution in [-0.4, -0.2) is 25.1 Å². The summed E-state index contributed by atoms with van der Waals surface area (Å²) in [4.78, 5) is 16.4. The van der Waals surface area contributed by atoms with Crippen molar-refractivity contribution in [3.8, 4) is 22.8 Å². The topological polar surface area (TPSA) is 73.6 Å². The molecule has 0 atom stereocenters. The van der Waals surface area contributed by atoms with E-state index in [9.17, 15) is 9.18 Å². The molecule has 0 aliphatic carbocycles. The lowest BCUT2D eigenvalue weighted by Crippen LogP contribution is -2.13. The second-order valence-electron chi connectivity index (χ2n) is 5.74. The molecule has 1 heterocycles. The number of halogens is 1. The zero-order chi connectivity index (χ0) is 19.2. The molecule has 27 heavy (non-hydrogen) atoms. The van der Waals surface area contributed by atoms with Crippen molar-refractivity contribution in [2.24, 2.45) is 0 Å². The number of oxazole rings is 1. The van der Waals surface area contributed by atoms with E-state index < -0.39 is 0 Å². The second kappa shape index (κ2) is 8.35. The molecule has 0 aliphatic heterocycles. The molecule has 0 aliphatic rings. The van der Waals surface area contributed by atoms with Crippen molar-refractivity contribution in [2.45, 2.75) is 12.8 Å². The Morgan fingerprint density at radius 2 is 1.93 bits per heavy atom. The second-order valence-corrected chi connectivity index (χ2v) is 5.74. The van der Waals surface area contributed by atoms with E-state index in [1.165, 1.54) is 19.2 Å². The summed E-state index contributed by atoms with van der Waals surface area (Å²) in [7, 11) is 3.08. The van der Waals surface area contributed by atoms with E-state index in [1.54, 1.807) is 43.6 Å². The van der Waals surface area contributed by atoms with Crippen LogP contribution in [-0.2, 0) is 11.2 Å². The van der Waals surface area contributed by atoms with Crippen molar-refractivity contribution in [1.82, 2.24) is 4.98 Å². The first-order valence-electron chi connectivity index (χ1n) is 8.31. The minimum atomic E-state index is -0.316. The number of hydrogen-bond donors (Lipinski definition) is 1. The molecule has 0 radical (unpaired) electrons. The number of nitrogens with zero attached hydrogens (tertiary/aromatic N) is 1. The van der Waals surface area contributed by atoms with E-state index in [0.29, 0.717) is 35.3 Å². The van der Waals surface area contributed by atoms with Gasteiger partial charge in [-0.05, 0) is 36.4 Å². The maximum atomic E-state index is 13.0. The van der Waals surface area contributed by atoms with E-state index in [1.807, 2.05) is 0 Å². The van der Waals surface area contributed by atoms with Gasteiger partial charge in [0.15, 0.2) is 11.7 Å². The van der Waals surface area contributed by atoms with Crippen molar-refractivity contribution < 1.29 is 23.1 Å². The van der Waals surface area contributed by atoms with Gasteiger partial charge in [-0.1, -0.05) is 0 Å². The first-order chi connectivity index (χ1) is 13.1. The highest BCUT2D eigenvalue weighted by Crippen LogP contribution is 2.29. The van der Waals surface area contributed by atoms with Gasteiger partial charge in [-0.15, -0.1) is 0 Å². The fourth-order valence-electron chi connectivity index (χ4n) is 2.51. The number of aryl methyl sites for hydroxylation is 1. The third-order valence-electron chi connectivity index (χ3n) is 3.93. The van der Waals surface area contributed by atoms with E-state index in [0.717, 1.165) is 5.56 Å². The zero-order valence-electron chi connectivity index (χ0n) is 15.0. The highest BCUT2D eigenvalue weighted by molar-refractivity contribution is 5.92. The minimum absolute atomic E-state index is 0.193. The maximum absolute atomic E-state index is 13.0. The number of carbonyl (C=O) groups excluding carboxylic acids is 1. The van der Waals surface area contributed by atoms with E-state index in [2.05, 4.69) is 10.3 Å². The Labute approximate surface area is 155 Å². The van der Waals surface area contributed by atoms with Crippen molar-refractivity contribution >= 4 is 11.6 Å². The molecular formula is C20H19FN2O4. The summed E-state index contributed by atoms with van der Waals surface area (Å²) in [6, 6.07) is 11.1. The molecule has 3 aromatic rings. The minimum Gasteiger partial charge on any atom is -0.497 e. The van der Waals surface area contributed by atoms with Gasteiger partial charge in [-0.2, -0.15) is 0 Å². The average molecular weight is 370 g/mol. The number of hydrogen-bond acceptors (Lipinski definition) is 5. The van der Waals surface area contributed by atoms with Gasteiger partial charge in [0, 0.05) is 24.5 Å². The summed E-state index contributed by atoms with van der Waals surface area (Å²) in [6.07, 6.45) is 2.09. The monoisotopic (exact) mass is 370 g/mol. The SMILES string of the molecule is COc1ccc(NC(=O)CCc2ncc(-c3ccc(F)cc3)o2)c(OC)c1. The molecule has 140 valence electrons. The van der Waals surface area contributed by atoms with Crippen LogP contribution in [0.2, 0.25) is 0 Å². The summed E-state index contributed by atoms with van der Waals surface area (Å²) < 4.78 is 29.0. The normalized spacial score (nSPS) is 10.5. The molecule has 0 unspecified atom stereocenters. The Balaban J connectivity index is 1.59. The molecule has 0 spiro atoms. The van der Waals surface area contributed by atoms with Gasteiger partial charge >= 0.3 is 0 Å². The highest BCUT2D eigenvalue weighted by atomic mass is 19.1. The molecule has 3 rings (SSSR count). The molecule has 2 aromatic carbocycles. The van der Waals surface area contributed by atoms with Crippen LogP contribution >= 0.6 is 0 Å². The number of methoxy groups -OCH3 is 2. The number of nitrogens with one attached hydrogen (secondary N) is 1. The number of rotatable bonds is 7. The summed E-state index contributed by atoms with van der Waals surface area (Å²) in [5.41, 5.74) is 1.28. The lowest BCUT2D eigenvalue weighted by molar-refractivity contribution is -0.116. The largest absolute Gasteiger partial charge is 0.497 e. The fraction of sp³-hybridized carbons (Fsp3) is 0.200. The molecule has 0 saturated heterocycles. The van der Waals surface area contributed by atoms with Crippen molar-refractivity contribution in [3.63, 3.8) is 0 Å². The van der Waals surface area contributed by atoms with E-state index in [4.69, 9.17) is 13.9 Å². The van der Waals surface area contributed by atoms with Crippen LogP contribution in [0, 0.1) is 5.82 Å². The Hall–Kier alpha value is -3.35.